The summed E-state index contributed by atoms with van der Waals surface area (Å²) in [7, 11) is 0. The molecule has 0 aliphatic rings. The number of hydrogen-bond donors (Lipinski definition) is 1. The van der Waals surface area contributed by atoms with Gasteiger partial charge in [-0.05, 0) is 32.1 Å². The van der Waals surface area contributed by atoms with Gasteiger partial charge in [-0.1, -0.05) is 13.8 Å². The first-order chi connectivity index (χ1) is 9.74. The Labute approximate surface area is 120 Å². The first kappa shape index (κ1) is 14.5. The van der Waals surface area contributed by atoms with E-state index in [2.05, 4.69) is 34.0 Å². The van der Waals surface area contributed by atoms with Crippen molar-refractivity contribution >= 4 is 5.82 Å². The fourth-order valence-electron chi connectivity index (χ4n) is 2.31. The summed E-state index contributed by atoms with van der Waals surface area (Å²) in [5.74, 6) is 1.83. The van der Waals surface area contributed by atoms with Gasteiger partial charge in [-0.2, -0.15) is 0 Å². The number of anilines is 1. The van der Waals surface area contributed by atoms with Gasteiger partial charge in [-0.25, -0.2) is 9.97 Å². The van der Waals surface area contributed by atoms with Crippen LogP contribution >= 0.6 is 0 Å². The van der Waals surface area contributed by atoms with Crippen LogP contribution in [0.15, 0.2) is 35.2 Å². The molecule has 2 rings (SSSR count). The van der Waals surface area contributed by atoms with Crippen LogP contribution < -0.4 is 5.32 Å². The highest BCUT2D eigenvalue weighted by molar-refractivity contribution is 5.34. The average Bonchev–Trinajstić information content (AvgIpc) is 2.97. The SMILES string of the molecule is CCN(CC)C(CNc1cc(C)ncn1)c1ccco1. The topological polar surface area (TPSA) is 54.2 Å². The minimum absolute atomic E-state index is 0.204. The monoisotopic (exact) mass is 274 g/mol. The molecule has 5 nitrogen and oxygen atoms in total. The molecule has 0 saturated carbocycles. The molecule has 0 aliphatic carbocycles. The maximum Gasteiger partial charge on any atom is 0.129 e. The lowest BCUT2D eigenvalue weighted by Crippen LogP contribution is -2.33. The predicted molar refractivity (Wildman–Crippen MR) is 79.6 cm³/mol. The Balaban J connectivity index is 2.08. The van der Waals surface area contributed by atoms with Crippen LogP contribution in [-0.4, -0.2) is 34.5 Å². The quantitative estimate of drug-likeness (QED) is 0.841. The van der Waals surface area contributed by atoms with Crippen LogP contribution in [0, 0.1) is 6.92 Å². The van der Waals surface area contributed by atoms with E-state index in [-0.39, 0.29) is 6.04 Å². The Morgan fingerprint density at radius 1 is 1.30 bits per heavy atom. The van der Waals surface area contributed by atoms with Crippen molar-refractivity contribution < 1.29 is 4.42 Å². The Morgan fingerprint density at radius 3 is 2.70 bits per heavy atom. The maximum absolute atomic E-state index is 5.58. The van der Waals surface area contributed by atoms with Crippen molar-refractivity contribution in [3.63, 3.8) is 0 Å². The van der Waals surface area contributed by atoms with Crippen LogP contribution in [0.2, 0.25) is 0 Å². The second kappa shape index (κ2) is 7.05. The number of hydrogen-bond acceptors (Lipinski definition) is 5. The Morgan fingerprint density at radius 2 is 2.10 bits per heavy atom. The molecule has 0 bridgehead atoms. The van der Waals surface area contributed by atoms with E-state index in [0.717, 1.165) is 36.9 Å². The van der Waals surface area contributed by atoms with Crippen LogP contribution in [-0.2, 0) is 0 Å². The van der Waals surface area contributed by atoms with Crippen molar-refractivity contribution in [2.45, 2.75) is 26.8 Å². The van der Waals surface area contributed by atoms with Crippen LogP contribution in [0.4, 0.5) is 5.82 Å². The van der Waals surface area contributed by atoms with Gasteiger partial charge in [0, 0.05) is 18.3 Å². The average molecular weight is 274 g/mol. The summed E-state index contributed by atoms with van der Waals surface area (Å²) in [5, 5.41) is 3.37. The fourth-order valence-corrected chi connectivity index (χ4v) is 2.31. The number of likely N-dealkylation sites (N-methyl/N-ethyl adjacent to an activating group) is 1. The zero-order chi connectivity index (χ0) is 14.4. The van der Waals surface area contributed by atoms with E-state index in [0.29, 0.717) is 0 Å². The van der Waals surface area contributed by atoms with Crippen LogP contribution in [0.1, 0.15) is 31.3 Å². The smallest absolute Gasteiger partial charge is 0.129 e. The van der Waals surface area contributed by atoms with Crippen LogP contribution in [0.25, 0.3) is 0 Å². The molecule has 0 radical (unpaired) electrons. The summed E-state index contributed by atoms with van der Waals surface area (Å²) in [6.07, 6.45) is 3.30. The summed E-state index contributed by atoms with van der Waals surface area (Å²) >= 11 is 0. The lowest BCUT2D eigenvalue weighted by atomic mass is 10.2. The number of nitrogens with one attached hydrogen (secondary N) is 1. The molecule has 0 aromatic carbocycles. The molecule has 0 aliphatic heterocycles. The number of aromatic nitrogens is 2. The zero-order valence-corrected chi connectivity index (χ0v) is 12.3. The Hall–Kier alpha value is -1.88. The molecule has 1 unspecified atom stereocenters. The molecule has 0 spiro atoms. The largest absolute Gasteiger partial charge is 0.468 e. The van der Waals surface area contributed by atoms with Crippen LogP contribution in [0.5, 0.6) is 0 Å². The third-order valence-electron chi connectivity index (χ3n) is 3.41. The minimum Gasteiger partial charge on any atom is -0.468 e. The van der Waals surface area contributed by atoms with Crippen molar-refractivity contribution in [2.24, 2.45) is 0 Å². The van der Waals surface area contributed by atoms with Crippen molar-refractivity contribution in [1.29, 1.82) is 0 Å². The third-order valence-corrected chi connectivity index (χ3v) is 3.41. The Bertz CT molecular complexity index is 508. The lowest BCUT2D eigenvalue weighted by molar-refractivity contribution is 0.202. The van der Waals surface area contributed by atoms with E-state index < -0.39 is 0 Å². The van der Waals surface area contributed by atoms with E-state index in [1.807, 2.05) is 25.1 Å². The zero-order valence-electron chi connectivity index (χ0n) is 12.3. The third kappa shape index (κ3) is 3.57. The van der Waals surface area contributed by atoms with E-state index in [1.54, 1.807) is 12.6 Å². The molecule has 1 atom stereocenters. The van der Waals surface area contributed by atoms with Gasteiger partial charge in [0.1, 0.15) is 17.9 Å². The molecule has 108 valence electrons. The summed E-state index contributed by atoms with van der Waals surface area (Å²) in [6, 6.07) is 6.10. The van der Waals surface area contributed by atoms with Crippen molar-refractivity contribution in [2.75, 3.05) is 25.0 Å². The molecule has 1 N–H and O–H groups in total. The number of nitrogens with zero attached hydrogens (tertiary/aromatic N) is 3. The molecule has 0 fully saturated rings. The molecule has 2 aromatic heterocycles. The highest BCUT2D eigenvalue weighted by atomic mass is 16.3. The second-order valence-electron chi connectivity index (χ2n) is 4.68. The van der Waals surface area contributed by atoms with E-state index >= 15 is 0 Å². The summed E-state index contributed by atoms with van der Waals surface area (Å²) in [6.45, 7) is 8.99. The first-order valence-corrected chi connectivity index (χ1v) is 7.04. The van der Waals surface area contributed by atoms with Gasteiger partial charge < -0.3 is 9.73 Å². The van der Waals surface area contributed by atoms with Gasteiger partial charge in [0.05, 0.1) is 12.3 Å². The summed E-state index contributed by atoms with van der Waals surface area (Å²) in [4.78, 5) is 10.7. The normalized spacial score (nSPS) is 12.6. The van der Waals surface area contributed by atoms with Gasteiger partial charge in [-0.3, -0.25) is 4.90 Å². The standard InChI is InChI=1S/C15H22N4O/c1-4-19(5-2)13(14-7-6-8-20-14)10-16-15-9-12(3)17-11-18-15/h6-9,11,13H,4-5,10H2,1-3H3,(H,16,17,18). The Kier molecular flexibility index (Phi) is 5.12. The first-order valence-electron chi connectivity index (χ1n) is 7.04. The fraction of sp³-hybridized carbons (Fsp3) is 0.467. The van der Waals surface area contributed by atoms with Crippen molar-refractivity contribution in [1.82, 2.24) is 14.9 Å². The summed E-state index contributed by atoms with van der Waals surface area (Å²) in [5.41, 5.74) is 0.958. The lowest BCUT2D eigenvalue weighted by Gasteiger charge is -2.28. The number of rotatable bonds is 7. The second-order valence-corrected chi connectivity index (χ2v) is 4.68. The van der Waals surface area contributed by atoms with Gasteiger partial charge >= 0.3 is 0 Å². The van der Waals surface area contributed by atoms with E-state index in [1.165, 1.54) is 0 Å². The molecule has 2 heterocycles. The van der Waals surface area contributed by atoms with Gasteiger partial charge in [-0.15, -0.1) is 0 Å². The predicted octanol–water partition coefficient (Wildman–Crippen LogP) is 2.87. The maximum atomic E-state index is 5.58. The van der Waals surface area contributed by atoms with E-state index in [9.17, 15) is 0 Å². The van der Waals surface area contributed by atoms with Gasteiger partial charge in [0.2, 0.25) is 0 Å². The molecular formula is C15H22N4O. The van der Waals surface area contributed by atoms with Gasteiger partial charge in [0.15, 0.2) is 0 Å². The van der Waals surface area contributed by atoms with E-state index in [4.69, 9.17) is 4.42 Å². The molecular weight excluding hydrogens is 252 g/mol. The minimum atomic E-state index is 0.204. The highest BCUT2D eigenvalue weighted by Crippen LogP contribution is 2.21. The molecule has 5 heteroatoms. The van der Waals surface area contributed by atoms with Crippen LogP contribution in [0.3, 0.4) is 0 Å². The number of furan rings is 1. The summed E-state index contributed by atoms with van der Waals surface area (Å²) < 4.78 is 5.58. The molecule has 0 amide bonds. The van der Waals surface area contributed by atoms with Gasteiger partial charge in [0.25, 0.3) is 0 Å². The molecule has 20 heavy (non-hydrogen) atoms. The van der Waals surface area contributed by atoms with Crippen molar-refractivity contribution in [3.8, 4) is 0 Å². The highest BCUT2D eigenvalue weighted by Gasteiger charge is 2.20. The van der Waals surface area contributed by atoms with Crippen molar-refractivity contribution in [3.05, 3.63) is 42.2 Å². The number of aryl methyl sites for hydroxylation is 1. The molecule has 2 aromatic rings. The molecule has 0 saturated heterocycles.